The number of ether oxygens (including phenoxy) is 3. The van der Waals surface area contributed by atoms with Gasteiger partial charge in [-0.15, -0.1) is 11.8 Å². The Balaban J connectivity index is 1.58. The number of esters is 2. The first-order chi connectivity index (χ1) is 13.2. The van der Waals surface area contributed by atoms with Gasteiger partial charge in [-0.25, -0.2) is 9.59 Å². The fourth-order valence-electron chi connectivity index (χ4n) is 2.80. The molecule has 0 aromatic heterocycles. The lowest BCUT2D eigenvalue weighted by molar-refractivity contribution is 0.0467. The van der Waals surface area contributed by atoms with E-state index in [2.05, 4.69) is 4.74 Å². The van der Waals surface area contributed by atoms with E-state index in [1.807, 2.05) is 18.2 Å². The molecule has 0 unspecified atom stereocenters. The van der Waals surface area contributed by atoms with Crippen LogP contribution in [0.3, 0.4) is 0 Å². The highest BCUT2D eigenvalue weighted by molar-refractivity contribution is 7.99. The van der Waals surface area contributed by atoms with Gasteiger partial charge in [-0.3, -0.25) is 0 Å². The number of thioether (sulfide) groups is 1. The van der Waals surface area contributed by atoms with Gasteiger partial charge in [-0.2, -0.15) is 0 Å². The van der Waals surface area contributed by atoms with E-state index < -0.39 is 5.97 Å². The fourth-order valence-corrected chi connectivity index (χ4v) is 3.91. The largest absolute Gasteiger partial charge is 0.465 e. The molecule has 1 saturated heterocycles. The predicted molar refractivity (Wildman–Crippen MR) is 103 cm³/mol. The molecular formula is C21H22O5S. The van der Waals surface area contributed by atoms with Crippen LogP contribution in [0.25, 0.3) is 0 Å². The van der Waals surface area contributed by atoms with E-state index >= 15 is 0 Å². The van der Waals surface area contributed by atoms with E-state index in [9.17, 15) is 9.59 Å². The zero-order valence-corrected chi connectivity index (χ0v) is 16.0. The molecule has 6 heteroatoms. The molecule has 5 nitrogen and oxygen atoms in total. The number of benzene rings is 2. The Bertz CT molecular complexity index is 781. The molecule has 27 heavy (non-hydrogen) atoms. The quantitative estimate of drug-likeness (QED) is 0.527. The topological polar surface area (TPSA) is 61.8 Å². The average molecular weight is 386 g/mol. The molecule has 0 aliphatic carbocycles. The van der Waals surface area contributed by atoms with Crippen LogP contribution in [0.2, 0.25) is 0 Å². The highest BCUT2D eigenvalue weighted by Gasteiger charge is 2.18. The van der Waals surface area contributed by atoms with E-state index in [-0.39, 0.29) is 18.7 Å². The van der Waals surface area contributed by atoms with Gasteiger partial charge in [0.15, 0.2) is 0 Å². The SMILES string of the molecule is COC(=O)c1ccc(COC(=O)c2ccccc2SC[C@@H]2CCCO2)cc1. The Morgan fingerprint density at radius 1 is 1.11 bits per heavy atom. The lowest BCUT2D eigenvalue weighted by Gasteiger charge is -2.12. The highest BCUT2D eigenvalue weighted by atomic mass is 32.2. The molecule has 0 radical (unpaired) electrons. The predicted octanol–water partition coefficient (Wildman–Crippen LogP) is 4.10. The minimum absolute atomic E-state index is 0.144. The lowest BCUT2D eigenvalue weighted by Crippen LogP contribution is -2.10. The molecule has 2 aromatic rings. The summed E-state index contributed by atoms with van der Waals surface area (Å²) in [5.41, 5.74) is 1.83. The van der Waals surface area contributed by atoms with Crippen molar-refractivity contribution < 1.29 is 23.8 Å². The monoisotopic (exact) mass is 386 g/mol. The Morgan fingerprint density at radius 2 is 1.89 bits per heavy atom. The van der Waals surface area contributed by atoms with Crippen molar-refractivity contribution in [2.24, 2.45) is 0 Å². The third-order valence-corrected chi connectivity index (χ3v) is 5.51. The first-order valence-electron chi connectivity index (χ1n) is 8.85. The average Bonchev–Trinajstić information content (AvgIpc) is 3.24. The molecule has 0 amide bonds. The van der Waals surface area contributed by atoms with Crippen molar-refractivity contribution in [3.05, 3.63) is 65.2 Å². The van der Waals surface area contributed by atoms with Crippen molar-refractivity contribution >= 4 is 23.7 Å². The van der Waals surface area contributed by atoms with Gasteiger partial charge >= 0.3 is 11.9 Å². The van der Waals surface area contributed by atoms with Gasteiger partial charge < -0.3 is 14.2 Å². The normalized spacial score (nSPS) is 16.1. The summed E-state index contributed by atoms with van der Waals surface area (Å²) in [6.45, 7) is 0.967. The Labute approximate surface area is 163 Å². The molecule has 2 aromatic carbocycles. The van der Waals surface area contributed by atoms with E-state index in [1.165, 1.54) is 7.11 Å². The Hall–Kier alpha value is -2.31. The minimum Gasteiger partial charge on any atom is -0.465 e. The van der Waals surface area contributed by atoms with E-state index in [4.69, 9.17) is 9.47 Å². The number of carbonyl (C=O) groups excluding carboxylic acids is 2. The molecule has 1 aliphatic rings. The molecule has 1 heterocycles. The minimum atomic E-state index is -0.393. The summed E-state index contributed by atoms with van der Waals surface area (Å²) in [6, 6.07) is 14.3. The number of hydrogen-bond acceptors (Lipinski definition) is 6. The maximum atomic E-state index is 12.5. The van der Waals surface area contributed by atoms with Crippen molar-refractivity contribution in [2.45, 2.75) is 30.4 Å². The Morgan fingerprint density at radius 3 is 2.59 bits per heavy atom. The van der Waals surface area contributed by atoms with Crippen LogP contribution in [0.1, 0.15) is 39.1 Å². The van der Waals surface area contributed by atoms with Gasteiger partial charge in [0.2, 0.25) is 0 Å². The van der Waals surface area contributed by atoms with E-state index in [0.717, 1.165) is 35.7 Å². The zero-order valence-electron chi connectivity index (χ0n) is 15.2. The van der Waals surface area contributed by atoms with Crippen molar-refractivity contribution in [2.75, 3.05) is 19.5 Å². The maximum absolute atomic E-state index is 12.5. The van der Waals surface area contributed by atoms with Crippen LogP contribution in [0.4, 0.5) is 0 Å². The van der Waals surface area contributed by atoms with Gasteiger partial charge in [0.25, 0.3) is 0 Å². The molecule has 1 aliphatic heterocycles. The molecule has 0 bridgehead atoms. The number of rotatable bonds is 7. The second-order valence-electron chi connectivity index (χ2n) is 6.21. The number of methoxy groups -OCH3 is 1. The summed E-state index contributed by atoms with van der Waals surface area (Å²) >= 11 is 1.62. The first kappa shape index (κ1) is 19.5. The van der Waals surface area contributed by atoms with E-state index in [0.29, 0.717) is 11.1 Å². The summed E-state index contributed by atoms with van der Waals surface area (Å²) in [4.78, 5) is 24.9. The molecule has 1 fully saturated rings. The van der Waals surface area contributed by atoms with Crippen molar-refractivity contribution in [1.82, 2.24) is 0 Å². The van der Waals surface area contributed by atoms with Crippen LogP contribution < -0.4 is 0 Å². The van der Waals surface area contributed by atoms with Gasteiger partial charge in [-0.1, -0.05) is 24.3 Å². The summed E-state index contributed by atoms with van der Waals surface area (Å²) in [7, 11) is 1.34. The van der Waals surface area contributed by atoms with Crippen LogP contribution in [-0.4, -0.2) is 37.5 Å². The molecular weight excluding hydrogens is 364 g/mol. The maximum Gasteiger partial charge on any atom is 0.339 e. The summed E-state index contributed by atoms with van der Waals surface area (Å²) in [5, 5.41) is 0. The van der Waals surface area contributed by atoms with Gasteiger partial charge in [0.05, 0.1) is 24.3 Å². The van der Waals surface area contributed by atoms with Crippen LogP contribution in [0.5, 0.6) is 0 Å². The van der Waals surface area contributed by atoms with Gasteiger partial charge in [-0.05, 0) is 42.7 Å². The first-order valence-corrected chi connectivity index (χ1v) is 9.83. The van der Waals surface area contributed by atoms with Crippen molar-refractivity contribution in [3.63, 3.8) is 0 Å². The van der Waals surface area contributed by atoms with Gasteiger partial charge in [0.1, 0.15) is 6.61 Å². The Kier molecular flexibility index (Phi) is 6.90. The second-order valence-corrected chi connectivity index (χ2v) is 7.27. The van der Waals surface area contributed by atoms with Crippen LogP contribution in [0, 0.1) is 0 Å². The van der Waals surface area contributed by atoms with Gasteiger partial charge in [0, 0.05) is 17.3 Å². The fraction of sp³-hybridized carbons (Fsp3) is 0.333. The molecule has 0 spiro atoms. The van der Waals surface area contributed by atoms with Crippen LogP contribution in [0.15, 0.2) is 53.4 Å². The standard InChI is InChI=1S/C21H22O5S/c1-24-20(22)16-10-8-15(9-11-16)13-26-21(23)18-6-2-3-7-19(18)27-14-17-5-4-12-25-17/h2-3,6-11,17H,4-5,12-14H2,1H3/t17-/m0/s1. The highest BCUT2D eigenvalue weighted by Crippen LogP contribution is 2.27. The van der Waals surface area contributed by atoms with Crippen molar-refractivity contribution in [3.8, 4) is 0 Å². The zero-order chi connectivity index (χ0) is 19.1. The molecule has 3 rings (SSSR count). The third kappa shape index (κ3) is 5.34. The third-order valence-electron chi connectivity index (χ3n) is 4.30. The number of hydrogen-bond donors (Lipinski definition) is 0. The molecule has 0 N–H and O–H groups in total. The molecule has 1 atom stereocenters. The second kappa shape index (κ2) is 9.58. The summed E-state index contributed by atoms with van der Waals surface area (Å²) < 4.78 is 15.8. The number of carbonyl (C=O) groups is 2. The molecule has 142 valence electrons. The summed E-state index contributed by atoms with van der Waals surface area (Å²) in [5.74, 6) is 0.0810. The van der Waals surface area contributed by atoms with E-state index in [1.54, 1.807) is 42.1 Å². The molecule has 0 saturated carbocycles. The lowest BCUT2D eigenvalue weighted by atomic mass is 10.1. The smallest absolute Gasteiger partial charge is 0.339 e. The summed E-state index contributed by atoms with van der Waals surface area (Å²) in [6.07, 6.45) is 2.43. The van der Waals surface area contributed by atoms with Crippen LogP contribution >= 0.6 is 11.8 Å². The van der Waals surface area contributed by atoms with Crippen molar-refractivity contribution in [1.29, 1.82) is 0 Å². The van der Waals surface area contributed by atoms with Crippen LogP contribution in [-0.2, 0) is 20.8 Å².